The number of carbonyl (C=O) groups is 1. The minimum Gasteiger partial charge on any atom is -0.493 e. The van der Waals surface area contributed by atoms with E-state index in [0.29, 0.717) is 11.8 Å². The smallest absolute Gasteiger partial charge is 0.433 e. The number of nitrogens with zero attached hydrogens (tertiary/aromatic N) is 3. The van der Waals surface area contributed by atoms with Crippen LogP contribution in [0.3, 0.4) is 0 Å². The molecule has 0 saturated heterocycles. The molecule has 2 heterocycles. The van der Waals surface area contributed by atoms with E-state index >= 15 is 0 Å². The van der Waals surface area contributed by atoms with Crippen molar-refractivity contribution in [2.24, 2.45) is 0 Å². The number of rotatable bonds is 3. The number of carbonyl (C=O) groups excluding carboxylic acids is 1. The van der Waals surface area contributed by atoms with Gasteiger partial charge in [0.2, 0.25) is 11.8 Å². The topological polar surface area (TPSA) is 88.0 Å². The van der Waals surface area contributed by atoms with E-state index in [2.05, 4.69) is 20.3 Å². The van der Waals surface area contributed by atoms with E-state index in [0.717, 1.165) is 0 Å². The fourth-order valence-electron chi connectivity index (χ4n) is 1.54. The Hall–Kier alpha value is -2.42. The normalized spacial score (nSPS) is 12.7. The second-order valence-corrected chi connectivity index (χ2v) is 5.12. The molecule has 0 saturated carbocycles. The summed E-state index contributed by atoms with van der Waals surface area (Å²) in [7, 11) is 0. The second kappa shape index (κ2) is 6.37. The van der Waals surface area contributed by atoms with Crippen molar-refractivity contribution >= 4 is 23.2 Å². The van der Waals surface area contributed by atoms with Crippen molar-refractivity contribution in [2.45, 2.75) is 18.5 Å². The number of hydrogen-bond acceptors (Lipinski definition) is 5. The second-order valence-electron chi connectivity index (χ2n) is 4.47. The molecule has 0 fully saturated rings. The van der Waals surface area contributed by atoms with E-state index < -0.39 is 29.0 Å². The van der Waals surface area contributed by atoms with Crippen LogP contribution in [-0.4, -0.2) is 31.3 Å². The van der Waals surface area contributed by atoms with Gasteiger partial charge in [-0.2, -0.15) is 18.2 Å². The molecule has 2 aromatic heterocycles. The molecule has 6 nitrogen and oxygen atoms in total. The van der Waals surface area contributed by atoms with Gasteiger partial charge in [0.1, 0.15) is 11.1 Å². The Morgan fingerprint density at radius 2 is 2.04 bits per heavy atom. The summed E-state index contributed by atoms with van der Waals surface area (Å²) in [5.41, 5.74) is -0.971. The lowest BCUT2D eigenvalue weighted by Gasteiger charge is -2.09. The number of halogens is 4. The zero-order chi connectivity index (χ0) is 17.2. The quantitative estimate of drug-likeness (QED) is 0.834. The molecule has 0 radical (unpaired) electrons. The summed E-state index contributed by atoms with van der Waals surface area (Å²) in [5.74, 6) is -1.66. The van der Waals surface area contributed by atoms with Crippen LogP contribution in [0.5, 0.6) is 5.88 Å². The van der Waals surface area contributed by atoms with Crippen LogP contribution < -0.4 is 5.32 Å². The van der Waals surface area contributed by atoms with Crippen LogP contribution in [0.2, 0.25) is 0 Å². The van der Waals surface area contributed by atoms with Gasteiger partial charge < -0.3 is 10.4 Å². The molecule has 122 valence electrons. The maximum Gasteiger partial charge on any atom is 0.433 e. The van der Waals surface area contributed by atoms with Crippen molar-refractivity contribution in [2.75, 3.05) is 5.32 Å². The minimum absolute atomic E-state index is 0.00307. The van der Waals surface area contributed by atoms with Gasteiger partial charge in [-0.3, -0.25) is 9.78 Å². The first-order valence-corrected chi connectivity index (χ1v) is 6.67. The highest BCUT2D eigenvalue weighted by Crippen LogP contribution is 2.30. The highest BCUT2D eigenvalue weighted by Gasteiger charge is 2.34. The van der Waals surface area contributed by atoms with E-state index in [9.17, 15) is 23.1 Å². The Bertz CT molecular complexity index is 720. The van der Waals surface area contributed by atoms with Gasteiger partial charge in [-0.05, 0) is 19.1 Å². The van der Waals surface area contributed by atoms with E-state index in [-0.39, 0.29) is 11.5 Å². The van der Waals surface area contributed by atoms with Gasteiger partial charge in [-0.1, -0.05) is 0 Å². The van der Waals surface area contributed by atoms with Gasteiger partial charge in [0.15, 0.2) is 11.5 Å². The molecule has 1 unspecified atom stereocenters. The molecule has 0 aromatic carbocycles. The lowest BCUT2D eigenvalue weighted by atomic mass is 10.3. The van der Waals surface area contributed by atoms with Gasteiger partial charge in [-0.15, -0.1) is 11.6 Å². The third-order valence-corrected chi connectivity index (χ3v) is 2.82. The van der Waals surface area contributed by atoms with Gasteiger partial charge in [0, 0.05) is 6.07 Å². The molecule has 0 aliphatic heterocycles. The zero-order valence-corrected chi connectivity index (χ0v) is 12.4. The fraction of sp³-hybridized carbons (Fsp3) is 0.231. The Morgan fingerprint density at radius 3 is 2.57 bits per heavy atom. The summed E-state index contributed by atoms with van der Waals surface area (Å²) in [5, 5.41) is 11.0. The number of aromatic nitrogens is 3. The molecule has 0 bridgehead atoms. The van der Waals surface area contributed by atoms with Crippen LogP contribution in [0.1, 0.15) is 12.6 Å². The Balaban J connectivity index is 2.29. The lowest BCUT2D eigenvalue weighted by molar-refractivity contribution is -0.141. The van der Waals surface area contributed by atoms with E-state index in [1.807, 2.05) is 0 Å². The maximum atomic E-state index is 12.7. The van der Waals surface area contributed by atoms with E-state index in [1.165, 1.54) is 25.3 Å². The number of amides is 1. The molecule has 1 amide bonds. The van der Waals surface area contributed by atoms with Crippen molar-refractivity contribution in [3.8, 4) is 17.4 Å². The predicted molar refractivity (Wildman–Crippen MR) is 75.9 cm³/mol. The summed E-state index contributed by atoms with van der Waals surface area (Å²) in [6.45, 7) is 1.48. The largest absolute Gasteiger partial charge is 0.493 e. The monoisotopic (exact) mass is 346 g/mol. The van der Waals surface area contributed by atoms with Crippen LogP contribution in [-0.2, 0) is 11.0 Å². The maximum absolute atomic E-state index is 12.7. The zero-order valence-electron chi connectivity index (χ0n) is 11.6. The number of hydrogen-bond donors (Lipinski definition) is 2. The number of alkyl halides is 4. The van der Waals surface area contributed by atoms with Crippen molar-refractivity contribution in [3.63, 3.8) is 0 Å². The van der Waals surface area contributed by atoms with Crippen LogP contribution in [0, 0.1) is 0 Å². The molecule has 2 N–H and O–H groups in total. The van der Waals surface area contributed by atoms with Crippen LogP contribution >= 0.6 is 11.6 Å². The van der Waals surface area contributed by atoms with Crippen LogP contribution in [0.4, 0.5) is 18.9 Å². The minimum atomic E-state index is -4.72. The molecule has 2 aromatic rings. The molecular weight excluding hydrogens is 337 g/mol. The van der Waals surface area contributed by atoms with Crippen molar-refractivity contribution in [3.05, 3.63) is 30.1 Å². The Morgan fingerprint density at radius 1 is 1.35 bits per heavy atom. The van der Waals surface area contributed by atoms with Gasteiger partial charge >= 0.3 is 6.18 Å². The number of aromatic hydroxyl groups is 1. The highest BCUT2D eigenvalue weighted by molar-refractivity contribution is 6.32. The summed E-state index contributed by atoms with van der Waals surface area (Å²) >= 11 is 5.60. The summed E-state index contributed by atoms with van der Waals surface area (Å²) in [4.78, 5) is 22.1. The first-order valence-electron chi connectivity index (χ1n) is 6.23. The molecule has 0 aliphatic carbocycles. The third kappa shape index (κ3) is 4.28. The number of nitrogens with one attached hydrogen (secondary N) is 1. The van der Waals surface area contributed by atoms with Crippen LogP contribution in [0.25, 0.3) is 11.5 Å². The summed E-state index contributed by atoms with van der Waals surface area (Å²) < 4.78 is 38.0. The number of anilines is 1. The average Bonchev–Trinajstić information content (AvgIpc) is 2.46. The molecule has 2 rings (SSSR count). The Labute approximate surface area is 133 Å². The van der Waals surface area contributed by atoms with E-state index in [1.54, 1.807) is 0 Å². The summed E-state index contributed by atoms with van der Waals surface area (Å²) in [6.07, 6.45) is -3.51. The fourth-order valence-corrected chi connectivity index (χ4v) is 1.59. The van der Waals surface area contributed by atoms with Crippen molar-refractivity contribution in [1.82, 2.24) is 15.0 Å². The standard InChI is InChI=1S/C13H10ClF3N4O2/c1-6(14)12(23)19-7-2-3-8(18-5-7)11-20-9(13(15,16)17)4-10(22)21-11/h2-6H,1H3,(H,19,23)(H,20,21,22). The van der Waals surface area contributed by atoms with Gasteiger partial charge in [0.25, 0.3) is 0 Å². The predicted octanol–water partition coefficient (Wildman–Crippen LogP) is 2.83. The average molecular weight is 347 g/mol. The van der Waals surface area contributed by atoms with Crippen molar-refractivity contribution in [1.29, 1.82) is 0 Å². The summed E-state index contributed by atoms with van der Waals surface area (Å²) in [6, 6.07) is 3.13. The molecule has 0 spiro atoms. The molecule has 0 aliphatic rings. The molecule has 10 heteroatoms. The Kier molecular flexibility index (Phi) is 4.69. The third-order valence-electron chi connectivity index (χ3n) is 2.62. The SMILES string of the molecule is CC(Cl)C(=O)Nc1ccc(-c2nc(O)cc(C(F)(F)F)n2)nc1. The lowest BCUT2D eigenvalue weighted by Crippen LogP contribution is -2.20. The van der Waals surface area contributed by atoms with Gasteiger partial charge in [-0.25, -0.2) is 4.98 Å². The van der Waals surface area contributed by atoms with Crippen molar-refractivity contribution < 1.29 is 23.1 Å². The first-order chi connectivity index (χ1) is 10.7. The molecule has 1 atom stereocenters. The highest BCUT2D eigenvalue weighted by atomic mass is 35.5. The first kappa shape index (κ1) is 16.9. The molecular formula is C13H10ClF3N4O2. The molecule has 23 heavy (non-hydrogen) atoms. The van der Waals surface area contributed by atoms with Gasteiger partial charge in [0.05, 0.1) is 11.9 Å². The van der Waals surface area contributed by atoms with Crippen LogP contribution in [0.15, 0.2) is 24.4 Å². The number of pyridine rings is 1. The van der Waals surface area contributed by atoms with E-state index in [4.69, 9.17) is 11.6 Å².